The molecule has 2 rings (SSSR count). The maximum absolute atomic E-state index is 11.9. The molecule has 0 aliphatic heterocycles. The molecule has 0 N–H and O–H groups in total. The van der Waals surface area contributed by atoms with Gasteiger partial charge in [-0.3, -0.25) is 9.59 Å². The van der Waals surface area contributed by atoms with E-state index < -0.39 is 0 Å². The fourth-order valence-electron chi connectivity index (χ4n) is 2.78. The van der Waals surface area contributed by atoms with Crippen molar-refractivity contribution < 1.29 is 9.59 Å². The van der Waals surface area contributed by atoms with Crippen molar-refractivity contribution in [3.8, 4) is 0 Å². The Hall–Kier alpha value is -1.87. The molecule has 4 heteroatoms. The lowest BCUT2D eigenvalue weighted by molar-refractivity contribution is 0.0981. The number of halogens is 1. The number of Topliss-reactive ketones (excluding diaryl/α,β-unsaturated/α-hetero) is 2. The van der Waals surface area contributed by atoms with Crippen LogP contribution in [0.1, 0.15) is 51.5 Å². The van der Waals surface area contributed by atoms with Crippen LogP contribution in [0.2, 0.25) is 5.02 Å². The molecule has 0 amide bonds. The molecule has 2 aromatic rings. The predicted octanol–water partition coefficient (Wildman–Crippen LogP) is 4.21. The first-order valence-corrected chi connectivity index (χ1v) is 7.17. The lowest BCUT2D eigenvalue weighted by atomic mass is 10.0. The third-order valence-corrected chi connectivity index (χ3v) is 4.14. The predicted molar refractivity (Wildman–Crippen MR) is 84.5 cm³/mol. The fourth-order valence-corrected chi connectivity index (χ4v) is 2.97. The van der Waals surface area contributed by atoms with Crippen molar-refractivity contribution in [2.75, 3.05) is 0 Å². The summed E-state index contributed by atoms with van der Waals surface area (Å²) in [5, 5.41) is 0.679. The van der Waals surface area contributed by atoms with Gasteiger partial charge in [0, 0.05) is 34.1 Å². The van der Waals surface area contributed by atoms with Gasteiger partial charge in [-0.2, -0.15) is 0 Å². The Morgan fingerprint density at radius 3 is 1.90 bits per heavy atom. The van der Waals surface area contributed by atoms with Crippen molar-refractivity contribution in [1.29, 1.82) is 0 Å². The Balaban J connectivity index is 2.60. The fraction of sp³-hybridized carbons (Fsp3) is 0.294. The second kappa shape index (κ2) is 5.86. The molecule has 0 aliphatic rings. The molecule has 3 nitrogen and oxygen atoms in total. The zero-order valence-corrected chi connectivity index (χ0v) is 13.4. The van der Waals surface area contributed by atoms with Gasteiger partial charge in [0.25, 0.3) is 0 Å². The molecule has 0 saturated heterocycles. The molecule has 110 valence electrons. The molecular formula is C17H18ClNO2. The van der Waals surface area contributed by atoms with Crippen LogP contribution in [-0.2, 0) is 6.54 Å². The van der Waals surface area contributed by atoms with E-state index in [2.05, 4.69) is 0 Å². The van der Waals surface area contributed by atoms with Crippen LogP contribution in [0, 0.1) is 13.8 Å². The van der Waals surface area contributed by atoms with Crippen LogP contribution < -0.4 is 0 Å². The summed E-state index contributed by atoms with van der Waals surface area (Å²) in [6.07, 6.45) is 0. The number of aromatic nitrogens is 1. The molecule has 0 spiro atoms. The maximum atomic E-state index is 11.9. The summed E-state index contributed by atoms with van der Waals surface area (Å²) < 4.78 is 1.98. The van der Waals surface area contributed by atoms with E-state index >= 15 is 0 Å². The first-order chi connectivity index (χ1) is 9.84. The van der Waals surface area contributed by atoms with E-state index in [1.54, 1.807) is 0 Å². The molecule has 0 fully saturated rings. The van der Waals surface area contributed by atoms with E-state index in [1.807, 2.05) is 42.7 Å². The summed E-state index contributed by atoms with van der Waals surface area (Å²) in [6.45, 7) is 7.27. The number of benzene rings is 1. The Morgan fingerprint density at radius 1 is 1.00 bits per heavy atom. The van der Waals surface area contributed by atoms with Crippen LogP contribution in [-0.4, -0.2) is 16.1 Å². The average Bonchev–Trinajstić information content (AvgIpc) is 2.65. The number of carbonyl (C=O) groups excluding carboxylic acids is 2. The van der Waals surface area contributed by atoms with Gasteiger partial charge in [0.15, 0.2) is 11.6 Å². The standard InChI is InChI=1S/C17H18ClNO2/c1-10-16(12(3)20)17(13(4)21)11(2)19(10)9-14-7-5-6-8-15(14)18/h5-8H,9H2,1-4H3. The van der Waals surface area contributed by atoms with Crippen molar-refractivity contribution in [2.45, 2.75) is 34.2 Å². The van der Waals surface area contributed by atoms with E-state index in [0.717, 1.165) is 17.0 Å². The van der Waals surface area contributed by atoms with E-state index in [4.69, 9.17) is 11.6 Å². The molecule has 0 aliphatic carbocycles. The van der Waals surface area contributed by atoms with E-state index in [9.17, 15) is 9.59 Å². The summed E-state index contributed by atoms with van der Waals surface area (Å²) in [5.41, 5.74) is 3.62. The van der Waals surface area contributed by atoms with Gasteiger partial charge >= 0.3 is 0 Å². The molecule has 1 aromatic heterocycles. The third kappa shape index (κ3) is 2.79. The molecule has 1 heterocycles. The number of nitrogens with zero attached hydrogens (tertiary/aromatic N) is 1. The second-order valence-corrected chi connectivity index (χ2v) is 5.62. The highest BCUT2D eigenvalue weighted by molar-refractivity contribution is 6.31. The number of ketones is 2. The molecule has 0 bridgehead atoms. The minimum Gasteiger partial charge on any atom is -0.343 e. The van der Waals surface area contributed by atoms with E-state index in [0.29, 0.717) is 22.7 Å². The molecule has 0 unspecified atom stereocenters. The van der Waals surface area contributed by atoms with Gasteiger partial charge in [0.2, 0.25) is 0 Å². The van der Waals surface area contributed by atoms with Crippen molar-refractivity contribution >= 4 is 23.2 Å². The second-order valence-electron chi connectivity index (χ2n) is 5.21. The monoisotopic (exact) mass is 303 g/mol. The molecule has 1 aromatic carbocycles. The van der Waals surface area contributed by atoms with Gasteiger partial charge in [-0.25, -0.2) is 0 Å². The van der Waals surface area contributed by atoms with Gasteiger partial charge in [-0.05, 0) is 39.3 Å². The van der Waals surface area contributed by atoms with Crippen molar-refractivity contribution in [2.24, 2.45) is 0 Å². The minimum atomic E-state index is -0.0845. The van der Waals surface area contributed by atoms with Crippen molar-refractivity contribution in [1.82, 2.24) is 4.57 Å². The Kier molecular flexibility index (Phi) is 4.33. The first kappa shape index (κ1) is 15.5. The first-order valence-electron chi connectivity index (χ1n) is 6.79. The van der Waals surface area contributed by atoms with Gasteiger partial charge in [-0.15, -0.1) is 0 Å². The van der Waals surface area contributed by atoms with Gasteiger partial charge in [0.05, 0.1) is 0 Å². The topological polar surface area (TPSA) is 39.1 Å². The number of hydrogen-bond acceptors (Lipinski definition) is 2. The SMILES string of the molecule is CC(=O)c1c(C(C)=O)c(C)n(Cc2ccccc2Cl)c1C. The summed E-state index contributed by atoms with van der Waals surface area (Å²) in [6, 6.07) is 7.58. The number of hydrogen-bond donors (Lipinski definition) is 0. The zero-order valence-electron chi connectivity index (χ0n) is 12.7. The van der Waals surface area contributed by atoms with Gasteiger partial charge in [-0.1, -0.05) is 29.8 Å². The lowest BCUT2D eigenvalue weighted by Crippen LogP contribution is -2.05. The summed E-state index contributed by atoms with van der Waals surface area (Å²) in [4.78, 5) is 23.8. The Bertz CT molecular complexity index is 691. The quantitative estimate of drug-likeness (QED) is 0.794. The summed E-state index contributed by atoms with van der Waals surface area (Å²) >= 11 is 6.20. The molecule has 0 saturated carbocycles. The van der Waals surface area contributed by atoms with Crippen LogP contribution in [0.25, 0.3) is 0 Å². The van der Waals surface area contributed by atoms with Crippen LogP contribution in [0.15, 0.2) is 24.3 Å². The third-order valence-electron chi connectivity index (χ3n) is 3.77. The summed E-state index contributed by atoms with van der Waals surface area (Å²) in [5.74, 6) is -0.169. The van der Waals surface area contributed by atoms with Crippen LogP contribution in [0.3, 0.4) is 0 Å². The van der Waals surface area contributed by atoms with Crippen LogP contribution in [0.4, 0.5) is 0 Å². The average molecular weight is 304 g/mol. The lowest BCUT2D eigenvalue weighted by Gasteiger charge is -2.11. The molecule has 0 radical (unpaired) electrons. The zero-order chi connectivity index (χ0) is 15.7. The normalized spacial score (nSPS) is 10.7. The minimum absolute atomic E-state index is 0.0845. The molecular weight excluding hydrogens is 286 g/mol. The van der Waals surface area contributed by atoms with Crippen LogP contribution >= 0.6 is 11.6 Å². The highest BCUT2D eigenvalue weighted by atomic mass is 35.5. The van der Waals surface area contributed by atoms with E-state index in [-0.39, 0.29) is 11.6 Å². The Morgan fingerprint density at radius 2 is 1.48 bits per heavy atom. The number of carbonyl (C=O) groups is 2. The molecule has 21 heavy (non-hydrogen) atoms. The maximum Gasteiger partial charge on any atom is 0.162 e. The summed E-state index contributed by atoms with van der Waals surface area (Å²) in [7, 11) is 0. The smallest absolute Gasteiger partial charge is 0.162 e. The van der Waals surface area contributed by atoms with Crippen molar-refractivity contribution in [3.63, 3.8) is 0 Å². The highest BCUT2D eigenvalue weighted by Gasteiger charge is 2.23. The highest BCUT2D eigenvalue weighted by Crippen LogP contribution is 2.26. The molecule has 0 atom stereocenters. The number of rotatable bonds is 4. The largest absolute Gasteiger partial charge is 0.343 e. The van der Waals surface area contributed by atoms with Gasteiger partial charge < -0.3 is 4.57 Å². The van der Waals surface area contributed by atoms with Crippen LogP contribution in [0.5, 0.6) is 0 Å². The van der Waals surface area contributed by atoms with E-state index in [1.165, 1.54) is 13.8 Å². The Labute approximate surface area is 129 Å². The van der Waals surface area contributed by atoms with Gasteiger partial charge in [0.1, 0.15) is 0 Å². The van der Waals surface area contributed by atoms with Crippen molar-refractivity contribution in [3.05, 3.63) is 57.4 Å².